The third-order valence-electron chi connectivity index (χ3n) is 8.70. The molecule has 6 rings (SSSR count). The number of carbonyl (C=O) groups is 3. The topological polar surface area (TPSA) is 148 Å². The molecule has 1 aromatic heterocycles. The van der Waals surface area contributed by atoms with Crippen molar-refractivity contribution >= 4 is 17.8 Å². The van der Waals surface area contributed by atoms with Crippen LogP contribution in [0.5, 0.6) is 5.75 Å². The summed E-state index contributed by atoms with van der Waals surface area (Å²) in [5.74, 6) is -1.02. The van der Waals surface area contributed by atoms with Crippen molar-refractivity contribution in [1.29, 1.82) is 0 Å². The van der Waals surface area contributed by atoms with Gasteiger partial charge < -0.3 is 29.5 Å². The van der Waals surface area contributed by atoms with Crippen LogP contribution < -0.4 is 10.1 Å². The van der Waals surface area contributed by atoms with Gasteiger partial charge in [-0.15, -0.1) is 5.10 Å². The molecule has 0 radical (unpaired) electrons. The fourth-order valence-corrected chi connectivity index (χ4v) is 6.34. The van der Waals surface area contributed by atoms with Crippen LogP contribution in [0.3, 0.4) is 0 Å². The minimum atomic E-state index is -0.982. The molecule has 3 aliphatic rings. The van der Waals surface area contributed by atoms with Crippen molar-refractivity contribution in [1.82, 2.24) is 30.1 Å². The van der Waals surface area contributed by atoms with Gasteiger partial charge >= 0.3 is 5.97 Å². The molecule has 3 aliphatic heterocycles. The fraction of sp³-hybridized carbons (Fsp3) is 0.469. The summed E-state index contributed by atoms with van der Waals surface area (Å²) >= 11 is 0. The number of benzene rings is 2. The standard InChI is InChI=1S/C32H38N6O7/c1-43-20-23-18-38(35-34-23)26-11-10-24-12-15-44-28-5-3-2-4-25(28)31(40)37-14-13-36(17-21-6-8-22(9-7-21)32(41)42)19-27(37)30(39)33-16-29(26)45-24/h2-9,18,24,26-27,29H,10-17,19-20H2,1H3,(H,33,39)(H,41,42)/t24-,26+,27-,29+/m0/s1. The molecular weight excluding hydrogens is 580 g/mol. The Bertz CT molecular complexity index is 1510. The van der Waals surface area contributed by atoms with Crippen molar-refractivity contribution in [2.24, 2.45) is 0 Å². The van der Waals surface area contributed by atoms with Crippen LogP contribution in [-0.4, -0.2) is 106 Å². The van der Waals surface area contributed by atoms with Gasteiger partial charge in [0.2, 0.25) is 5.91 Å². The Morgan fingerprint density at radius 2 is 1.91 bits per heavy atom. The SMILES string of the molecule is COCc1cn([C@@H]2CC[C@H]3CCOc4ccccc4C(=O)N4CCN(Cc5ccc(C(=O)O)cc5)C[C@H]4C(=O)NC[C@H]2O3)nn1. The molecule has 4 heterocycles. The predicted molar refractivity (Wildman–Crippen MR) is 161 cm³/mol. The summed E-state index contributed by atoms with van der Waals surface area (Å²) in [6.45, 7) is 2.68. The predicted octanol–water partition coefficient (Wildman–Crippen LogP) is 2.14. The zero-order valence-electron chi connectivity index (χ0n) is 25.2. The van der Waals surface area contributed by atoms with Crippen molar-refractivity contribution in [3.8, 4) is 5.75 Å². The summed E-state index contributed by atoms with van der Waals surface area (Å²) in [5.41, 5.74) is 2.27. The molecule has 3 aromatic rings. The lowest BCUT2D eigenvalue weighted by Gasteiger charge is -2.41. The molecule has 0 saturated carbocycles. The van der Waals surface area contributed by atoms with Crippen LogP contribution in [0.1, 0.15) is 57.3 Å². The minimum absolute atomic E-state index is 0.0786. The zero-order valence-corrected chi connectivity index (χ0v) is 25.2. The van der Waals surface area contributed by atoms with Crippen LogP contribution in [0.25, 0.3) is 0 Å². The highest BCUT2D eigenvalue weighted by atomic mass is 16.5. The monoisotopic (exact) mass is 618 g/mol. The number of aromatic nitrogens is 3. The van der Waals surface area contributed by atoms with E-state index < -0.39 is 12.0 Å². The molecule has 2 bridgehead atoms. The quantitative estimate of drug-likeness (QED) is 0.421. The highest BCUT2D eigenvalue weighted by molar-refractivity contribution is 6.00. The van der Waals surface area contributed by atoms with Crippen molar-refractivity contribution in [3.63, 3.8) is 0 Å². The van der Waals surface area contributed by atoms with Gasteiger partial charge in [0.25, 0.3) is 5.91 Å². The number of carbonyl (C=O) groups excluding carboxylic acids is 2. The third-order valence-corrected chi connectivity index (χ3v) is 8.70. The summed E-state index contributed by atoms with van der Waals surface area (Å²) in [6.07, 6.45) is 3.63. The lowest BCUT2D eigenvalue weighted by atomic mass is 9.96. The molecule has 2 amide bonds. The highest BCUT2D eigenvalue weighted by Crippen LogP contribution is 2.31. The second kappa shape index (κ2) is 13.8. The summed E-state index contributed by atoms with van der Waals surface area (Å²) in [7, 11) is 1.61. The molecule has 2 N–H and O–H groups in total. The molecule has 0 aliphatic carbocycles. The number of hydrogen-bond acceptors (Lipinski definition) is 9. The number of para-hydroxylation sites is 1. The Kier molecular flexibility index (Phi) is 9.38. The second-order valence-electron chi connectivity index (χ2n) is 11.7. The first-order valence-electron chi connectivity index (χ1n) is 15.3. The lowest BCUT2D eigenvalue weighted by molar-refractivity contribution is -0.130. The summed E-state index contributed by atoms with van der Waals surface area (Å²) in [4.78, 5) is 43.0. The number of nitrogens with zero attached hydrogens (tertiary/aromatic N) is 5. The highest BCUT2D eigenvalue weighted by Gasteiger charge is 2.39. The molecule has 13 heteroatoms. The Morgan fingerprint density at radius 3 is 2.71 bits per heavy atom. The van der Waals surface area contributed by atoms with E-state index in [1.807, 2.05) is 12.3 Å². The van der Waals surface area contributed by atoms with Crippen LogP contribution in [0, 0.1) is 0 Å². The van der Waals surface area contributed by atoms with E-state index in [9.17, 15) is 19.5 Å². The summed E-state index contributed by atoms with van der Waals surface area (Å²) in [5, 5.41) is 20.9. The molecule has 2 aromatic carbocycles. The van der Waals surface area contributed by atoms with Crippen LogP contribution in [0.15, 0.2) is 54.7 Å². The largest absolute Gasteiger partial charge is 0.493 e. The van der Waals surface area contributed by atoms with Gasteiger partial charge in [-0.1, -0.05) is 29.5 Å². The van der Waals surface area contributed by atoms with E-state index in [-0.39, 0.29) is 42.2 Å². The van der Waals surface area contributed by atoms with Gasteiger partial charge in [0, 0.05) is 46.3 Å². The van der Waals surface area contributed by atoms with Crippen molar-refractivity contribution in [2.75, 3.05) is 39.9 Å². The maximum Gasteiger partial charge on any atom is 0.335 e. The van der Waals surface area contributed by atoms with Gasteiger partial charge in [-0.05, 0) is 42.7 Å². The van der Waals surface area contributed by atoms with Crippen molar-refractivity contribution < 1.29 is 33.7 Å². The van der Waals surface area contributed by atoms with Gasteiger partial charge in [-0.2, -0.15) is 0 Å². The molecule has 238 valence electrons. The van der Waals surface area contributed by atoms with Crippen LogP contribution in [0.2, 0.25) is 0 Å². The molecular formula is C32H38N6O7. The number of ether oxygens (including phenoxy) is 3. The number of rotatable bonds is 6. The molecule has 0 spiro atoms. The smallest absolute Gasteiger partial charge is 0.335 e. The van der Waals surface area contributed by atoms with Crippen molar-refractivity contribution in [3.05, 3.63) is 77.1 Å². The Labute approximate surface area is 261 Å². The first-order chi connectivity index (χ1) is 21.9. The number of nitrogens with one attached hydrogen (secondary N) is 1. The number of fused-ring (bicyclic) bond motifs is 4. The van der Waals surface area contributed by atoms with Gasteiger partial charge in [0.1, 0.15) is 17.5 Å². The molecule has 2 fully saturated rings. The summed E-state index contributed by atoms with van der Waals surface area (Å²) < 4.78 is 19.7. The number of hydrogen-bond donors (Lipinski definition) is 2. The van der Waals surface area contributed by atoms with Crippen molar-refractivity contribution in [2.45, 2.75) is 56.7 Å². The normalized spacial score (nSPS) is 24.5. The molecule has 45 heavy (non-hydrogen) atoms. The maximum absolute atomic E-state index is 14.0. The molecule has 0 unspecified atom stereocenters. The van der Waals surface area contributed by atoms with E-state index >= 15 is 0 Å². The van der Waals surface area contributed by atoms with E-state index in [1.165, 1.54) is 0 Å². The number of piperazine rings is 1. The van der Waals surface area contributed by atoms with Gasteiger partial charge in [0.15, 0.2) is 0 Å². The Balaban J connectivity index is 1.25. The van der Waals surface area contributed by atoms with Crippen LogP contribution in [0.4, 0.5) is 0 Å². The van der Waals surface area contributed by atoms with Crippen LogP contribution in [-0.2, 0) is 27.4 Å². The minimum Gasteiger partial charge on any atom is -0.493 e. The van der Waals surface area contributed by atoms with E-state index in [0.29, 0.717) is 62.8 Å². The van der Waals surface area contributed by atoms with E-state index in [1.54, 1.807) is 59.2 Å². The average molecular weight is 619 g/mol. The van der Waals surface area contributed by atoms with Crippen LogP contribution >= 0.6 is 0 Å². The number of carboxylic acid groups (broad SMARTS) is 1. The first kappa shape index (κ1) is 30.7. The number of methoxy groups -OCH3 is 1. The van der Waals surface area contributed by atoms with E-state index in [2.05, 4.69) is 20.5 Å². The van der Waals surface area contributed by atoms with E-state index in [4.69, 9.17) is 14.2 Å². The number of aromatic carboxylic acids is 1. The first-order valence-corrected chi connectivity index (χ1v) is 15.3. The lowest BCUT2D eigenvalue weighted by Crippen LogP contribution is -2.61. The average Bonchev–Trinajstić information content (AvgIpc) is 3.52. The molecule has 13 nitrogen and oxygen atoms in total. The number of amides is 2. The zero-order chi connectivity index (χ0) is 31.3. The molecule has 4 atom stereocenters. The van der Waals surface area contributed by atoms with E-state index in [0.717, 1.165) is 18.4 Å². The maximum atomic E-state index is 14.0. The second-order valence-corrected chi connectivity index (χ2v) is 11.7. The van der Waals surface area contributed by atoms with Gasteiger partial charge in [0.05, 0.1) is 48.8 Å². The number of carboxylic acids is 1. The Hall–Kier alpha value is -4.33. The van der Waals surface area contributed by atoms with Gasteiger partial charge in [-0.25, -0.2) is 9.48 Å². The summed E-state index contributed by atoms with van der Waals surface area (Å²) in [6, 6.07) is 13.0. The van der Waals surface area contributed by atoms with Gasteiger partial charge in [-0.3, -0.25) is 14.5 Å². The third kappa shape index (κ3) is 7.00. The Morgan fingerprint density at radius 1 is 1.09 bits per heavy atom. The molecule has 2 saturated heterocycles. The fourth-order valence-electron chi connectivity index (χ4n) is 6.34.